The molecule has 3 aromatic rings. The quantitative estimate of drug-likeness (QED) is 0.564. The van der Waals surface area contributed by atoms with Crippen molar-refractivity contribution in [3.8, 4) is 17.6 Å². The zero-order valence-corrected chi connectivity index (χ0v) is 18.2. The average molecular weight is 438 g/mol. The number of hydrogen-bond donors (Lipinski definition) is 1. The van der Waals surface area contributed by atoms with Gasteiger partial charge in [0.15, 0.2) is 12.1 Å². The van der Waals surface area contributed by atoms with Crippen molar-refractivity contribution in [2.45, 2.75) is 25.4 Å². The first-order chi connectivity index (χ1) is 15.7. The third-order valence-electron chi connectivity index (χ3n) is 6.27. The van der Waals surface area contributed by atoms with Crippen molar-refractivity contribution in [1.82, 2.24) is 14.9 Å². The van der Waals surface area contributed by atoms with Gasteiger partial charge in [-0.2, -0.15) is 0 Å². The average Bonchev–Trinajstić information content (AvgIpc) is 3.35. The van der Waals surface area contributed by atoms with E-state index in [4.69, 9.17) is 9.15 Å². The molecule has 4 rings (SSSR count). The fourth-order valence-electron chi connectivity index (χ4n) is 4.47. The molecule has 0 unspecified atom stereocenters. The Kier molecular flexibility index (Phi) is 7.35. The number of hydrogen-bond acceptors (Lipinski definition) is 6. The van der Waals surface area contributed by atoms with E-state index in [1.54, 1.807) is 19.4 Å². The number of likely N-dealkylation sites (tertiary alicyclic amines) is 1. The van der Waals surface area contributed by atoms with Gasteiger partial charge in [-0.15, -0.1) is 0 Å². The molecule has 0 aliphatic carbocycles. The highest BCUT2D eigenvalue weighted by atomic mass is 19.1. The van der Waals surface area contributed by atoms with Gasteiger partial charge in [0.05, 0.1) is 19.2 Å². The van der Waals surface area contributed by atoms with Gasteiger partial charge in [-0.05, 0) is 73.4 Å². The Morgan fingerprint density at radius 3 is 3.00 bits per heavy atom. The second-order valence-corrected chi connectivity index (χ2v) is 8.23. The molecule has 1 saturated heterocycles. The van der Waals surface area contributed by atoms with Gasteiger partial charge in [-0.3, -0.25) is 9.88 Å². The number of rotatable bonds is 7. The number of aliphatic hydroxyl groups is 1. The Morgan fingerprint density at radius 1 is 1.31 bits per heavy atom. The van der Waals surface area contributed by atoms with E-state index in [2.05, 4.69) is 26.7 Å². The lowest BCUT2D eigenvalue weighted by atomic mass is 9.81. The minimum absolute atomic E-state index is 0.101. The van der Waals surface area contributed by atoms with Crippen LogP contribution >= 0.6 is 0 Å². The first kappa shape index (κ1) is 22.3. The molecule has 0 spiro atoms. The molecule has 1 fully saturated rings. The van der Waals surface area contributed by atoms with Gasteiger partial charge in [0.1, 0.15) is 18.2 Å². The van der Waals surface area contributed by atoms with E-state index in [1.165, 1.54) is 12.7 Å². The summed E-state index contributed by atoms with van der Waals surface area (Å²) in [7, 11) is 1.60. The van der Waals surface area contributed by atoms with Gasteiger partial charge < -0.3 is 14.3 Å². The van der Waals surface area contributed by atoms with E-state index >= 15 is 4.39 Å². The van der Waals surface area contributed by atoms with Gasteiger partial charge in [0, 0.05) is 24.7 Å². The molecule has 1 aliphatic rings. The number of alkyl halides is 1. The lowest BCUT2D eigenvalue weighted by Crippen LogP contribution is -2.42. The second-order valence-electron chi connectivity index (χ2n) is 8.23. The van der Waals surface area contributed by atoms with Crippen molar-refractivity contribution in [2.24, 2.45) is 11.8 Å². The van der Waals surface area contributed by atoms with Crippen LogP contribution in [0, 0.1) is 23.7 Å². The number of nitrogens with zero attached hydrogens (tertiary/aromatic N) is 3. The zero-order valence-electron chi connectivity index (χ0n) is 18.2. The first-order valence-corrected chi connectivity index (χ1v) is 10.9. The number of benzene rings is 1. The smallest absolute Gasteiger partial charge is 0.181 e. The number of aromatic nitrogens is 2. The molecular formula is C25H28FN3O3. The highest BCUT2D eigenvalue weighted by Gasteiger charge is 2.29. The second kappa shape index (κ2) is 10.6. The number of methoxy groups -OCH3 is 1. The molecule has 3 heterocycles. The summed E-state index contributed by atoms with van der Waals surface area (Å²) in [5.74, 6) is 7.19. The summed E-state index contributed by atoms with van der Waals surface area (Å²) in [5.41, 5.74) is 2.03. The van der Waals surface area contributed by atoms with Crippen LogP contribution in [0.15, 0.2) is 47.5 Å². The van der Waals surface area contributed by atoms with Crippen LogP contribution in [0.2, 0.25) is 0 Å². The van der Waals surface area contributed by atoms with Crippen molar-refractivity contribution in [1.29, 1.82) is 0 Å². The van der Waals surface area contributed by atoms with Gasteiger partial charge in [-0.1, -0.05) is 5.92 Å². The minimum atomic E-state index is -1.08. The molecule has 0 bridgehead atoms. The van der Waals surface area contributed by atoms with Gasteiger partial charge in [-0.25, -0.2) is 9.37 Å². The number of ether oxygens (including phenoxy) is 1. The molecule has 3 atom stereocenters. The van der Waals surface area contributed by atoms with Gasteiger partial charge in [0.2, 0.25) is 0 Å². The van der Waals surface area contributed by atoms with Crippen LogP contribution in [0.4, 0.5) is 4.39 Å². The summed E-state index contributed by atoms with van der Waals surface area (Å²) in [5, 5.41) is 10.7. The van der Waals surface area contributed by atoms with Crippen molar-refractivity contribution >= 4 is 10.9 Å². The maximum absolute atomic E-state index is 15.3. The molecule has 6 nitrogen and oxygen atoms in total. The molecule has 0 amide bonds. The topological polar surface area (TPSA) is 71.6 Å². The van der Waals surface area contributed by atoms with Crippen LogP contribution < -0.4 is 4.74 Å². The van der Waals surface area contributed by atoms with E-state index in [0.717, 1.165) is 36.8 Å². The molecule has 0 saturated carbocycles. The molecule has 168 valence electrons. The van der Waals surface area contributed by atoms with E-state index < -0.39 is 6.17 Å². The zero-order chi connectivity index (χ0) is 22.3. The van der Waals surface area contributed by atoms with Crippen LogP contribution in [-0.4, -0.2) is 53.3 Å². The summed E-state index contributed by atoms with van der Waals surface area (Å²) >= 11 is 0. The first-order valence-electron chi connectivity index (χ1n) is 10.9. The molecule has 1 N–H and O–H groups in total. The normalized spacial score (nSPS) is 20.0. The highest BCUT2D eigenvalue weighted by molar-refractivity contribution is 5.83. The van der Waals surface area contributed by atoms with Crippen molar-refractivity contribution in [3.63, 3.8) is 0 Å². The summed E-state index contributed by atoms with van der Waals surface area (Å²) in [4.78, 5) is 10.6. The van der Waals surface area contributed by atoms with Gasteiger partial charge in [0.25, 0.3) is 0 Å². The maximum Gasteiger partial charge on any atom is 0.181 e. The number of halogens is 1. The number of fused-ring (bicyclic) bond motifs is 1. The summed E-state index contributed by atoms with van der Waals surface area (Å²) in [6, 6.07) is 7.29. The number of piperidine rings is 1. The summed E-state index contributed by atoms with van der Waals surface area (Å²) in [6.45, 7) is 2.37. The SMILES string of the molecule is COc1ccc2nccc([C@H](F)CC[C@@H]3CCN(CC#Cc4cocn4)C[C@@H]3CO)c2c1. The van der Waals surface area contributed by atoms with Crippen LogP contribution in [0.25, 0.3) is 10.9 Å². The molecule has 7 heteroatoms. The van der Waals surface area contributed by atoms with Crippen LogP contribution in [0.1, 0.15) is 36.7 Å². The summed E-state index contributed by atoms with van der Waals surface area (Å²) < 4.78 is 25.5. The van der Waals surface area contributed by atoms with E-state index in [1.807, 2.05) is 18.2 Å². The largest absolute Gasteiger partial charge is 0.497 e. The Bertz CT molecular complexity index is 1080. The molecule has 1 aromatic carbocycles. The van der Waals surface area contributed by atoms with Crippen LogP contribution in [0.3, 0.4) is 0 Å². The minimum Gasteiger partial charge on any atom is -0.497 e. The number of pyridine rings is 1. The van der Waals surface area contributed by atoms with Crippen LogP contribution in [0.5, 0.6) is 5.75 Å². The fraction of sp³-hybridized carbons (Fsp3) is 0.440. The van der Waals surface area contributed by atoms with E-state index in [-0.39, 0.29) is 12.5 Å². The standard InChI is InChI=1S/C25H28FN3O3/c1-31-21-5-7-25-23(13-21)22(8-10-27-25)24(26)6-4-18-9-12-29(14-19(18)15-30)11-2-3-20-16-32-17-28-20/h5,7-8,10,13,16-19,24,30H,4,6,9,11-12,14-15H2,1H3/t18-,19-,24-/m1/s1. The lowest BCUT2D eigenvalue weighted by molar-refractivity contribution is 0.0708. The predicted octanol–water partition coefficient (Wildman–Crippen LogP) is 4.00. The van der Waals surface area contributed by atoms with Crippen molar-refractivity contribution in [2.75, 3.05) is 33.4 Å². The van der Waals surface area contributed by atoms with Crippen molar-refractivity contribution < 1.29 is 18.7 Å². The monoisotopic (exact) mass is 437 g/mol. The maximum atomic E-state index is 15.3. The molecule has 1 aliphatic heterocycles. The van der Waals surface area contributed by atoms with Crippen molar-refractivity contribution in [3.05, 3.63) is 54.4 Å². The predicted molar refractivity (Wildman–Crippen MR) is 120 cm³/mol. The van der Waals surface area contributed by atoms with Crippen LogP contribution in [-0.2, 0) is 0 Å². The third-order valence-corrected chi connectivity index (χ3v) is 6.27. The third kappa shape index (κ3) is 5.26. The highest BCUT2D eigenvalue weighted by Crippen LogP contribution is 2.35. The molecule has 32 heavy (non-hydrogen) atoms. The molecule has 2 aromatic heterocycles. The number of oxazole rings is 1. The van der Waals surface area contributed by atoms with E-state index in [0.29, 0.717) is 35.9 Å². The molecular weight excluding hydrogens is 409 g/mol. The lowest BCUT2D eigenvalue weighted by Gasteiger charge is -2.37. The van der Waals surface area contributed by atoms with Gasteiger partial charge >= 0.3 is 0 Å². The Balaban J connectivity index is 1.35. The summed E-state index contributed by atoms with van der Waals surface area (Å²) in [6.07, 6.45) is 5.53. The molecule has 0 radical (unpaired) electrons. The number of aliphatic hydroxyl groups excluding tert-OH is 1. The Labute approximate surface area is 187 Å². The fourth-order valence-corrected chi connectivity index (χ4v) is 4.47. The Hall–Kier alpha value is -2.95. The van der Waals surface area contributed by atoms with E-state index in [9.17, 15) is 5.11 Å². The Morgan fingerprint density at radius 2 is 2.22 bits per heavy atom.